The van der Waals surface area contributed by atoms with Gasteiger partial charge in [-0.2, -0.15) is 5.10 Å². The molecule has 17 heavy (non-hydrogen) atoms. The van der Waals surface area contributed by atoms with Crippen molar-refractivity contribution >= 4 is 11.0 Å². The van der Waals surface area contributed by atoms with Crippen molar-refractivity contribution in [3.63, 3.8) is 0 Å². The molecule has 0 saturated carbocycles. The number of aromatic amines is 1. The Balaban J connectivity index is 2.19. The van der Waals surface area contributed by atoms with Crippen molar-refractivity contribution in [1.82, 2.24) is 20.4 Å². The molecule has 0 bridgehead atoms. The molecule has 0 atom stereocenters. The number of hydrogen-bond acceptors (Lipinski definition) is 4. The van der Waals surface area contributed by atoms with Gasteiger partial charge < -0.3 is 5.11 Å². The maximum atomic E-state index is 9.88. The standard InChI is InChI=1S/C12H10N4O/c1-7-2-3-9(11(17)4-7)10-5-8-6-13-15-12(8)16-14-10/h2-6,17H,1H3,(H,13,15,16). The Morgan fingerprint density at radius 2 is 2.06 bits per heavy atom. The van der Waals surface area contributed by atoms with Crippen LogP contribution in [0.15, 0.2) is 30.5 Å². The summed E-state index contributed by atoms with van der Waals surface area (Å²) in [5.41, 5.74) is 2.95. The van der Waals surface area contributed by atoms with E-state index in [-0.39, 0.29) is 5.75 Å². The van der Waals surface area contributed by atoms with Gasteiger partial charge in [-0.05, 0) is 30.7 Å². The maximum absolute atomic E-state index is 9.88. The summed E-state index contributed by atoms with van der Waals surface area (Å²) >= 11 is 0. The van der Waals surface area contributed by atoms with Crippen LogP contribution in [-0.4, -0.2) is 25.5 Å². The van der Waals surface area contributed by atoms with Crippen molar-refractivity contribution in [3.05, 3.63) is 36.0 Å². The predicted molar refractivity (Wildman–Crippen MR) is 63.5 cm³/mol. The molecule has 0 fully saturated rings. The molecular weight excluding hydrogens is 216 g/mol. The topological polar surface area (TPSA) is 74.7 Å². The van der Waals surface area contributed by atoms with E-state index < -0.39 is 0 Å². The van der Waals surface area contributed by atoms with Crippen LogP contribution >= 0.6 is 0 Å². The molecule has 0 aliphatic rings. The highest BCUT2D eigenvalue weighted by Gasteiger charge is 2.08. The first-order valence-electron chi connectivity index (χ1n) is 5.21. The lowest BCUT2D eigenvalue weighted by molar-refractivity contribution is 0.476. The Morgan fingerprint density at radius 1 is 1.18 bits per heavy atom. The smallest absolute Gasteiger partial charge is 0.177 e. The summed E-state index contributed by atoms with van der Waals surface area (Å²) in [4.78, 5) is 0. The van der Waals surface area contributed by atoms with Crippen LogP contribution in [0, 0.1) is 6.92 Å². The van der Waals surface area contributed by atoms with Gasteiger partial charge in [0.15, 0.2) is 5.65 Å². The number of hydrogen-bond donors (Lipinski definition) is 2. The summed E-state index contributed by atoms with van der Waals surface area (Å²) in [5, 5.41) is 25.4. The second-order valence-corrected chi connectivity index (χ2v) is 3.92. The van der Waals surface area contributed by atoms with Crippen LogP contribution in [0.3, 0.4) is 0 Å². The quantitative estimate of drug-likeness (QED) is 0.665. The number of H-pyrrole nitrogens is 1. The zero-order chi connectivity index (χ0) is 11.8. The van der Waals surface area contributed by atoms with Crippen molar-refractivity contribution < 1.29 is 5.11 Å². The van der Waals surface area contributed by atoms with Crippen LogP contribution in [0.1, 0.15) is 5.56 Å². The van der Waals surface area contributed by atoms with Gasteiger partial charge in [0.2, 0.25) is 0 Å². The minimum Gasteiger partial charge on any atom is -0.507 e. The number of nitrogens with one attached hydrogen (secondary N) is 1. The summed E-state index contributed by atoms with van der Waals surface area (Å²) in [6, 6.07) is 7.31. The fourth-order valence-electron chi connectivity index (χ4n) is 1.74. The molecule has 2 N–H and O–H groups in total. The molecule has 0 radical (unpaired) electrons. The zero-order valence-electron chi connectivity index (χ0n) is 9.18. The summed E-state index contributed by atoms with van der Waals surface area (Å²) in [6.07, 6.45) is 1.68. The Kier molecular flexibility index (Phi) is 2.04. The van der Waals surface area contributed by atoms with Crippen LogP contribution in [0.2, 0.25) is 0 Å². The highest BCUT2D eigenvalue weighted by molar-refractivity contribution is 5.79. The normalized spacial score (nSPS) is 10.9. The number of phenols is 1. The number of fused-ring (bicyclic) bond motifs is 1. The molecule has 1 aromatic carbocycles. The fourth-order valence-corrected chi connectivity index (χ4v) is 1.74. The number of aromatic nitrogens is 4. The molecular formula is C12H10N4O. The molecule has 0 amide bonds. The number of rotatable bonds is 1. The second-order valence-electron chi connectivity index (χ2n) is 3.92. The maximum Gasteiger partial charge on any atom is 0.177 e. The summed E-state index contributed by atoms with van der Waals surface area (Å²) < 4.78 is 0. The van der Waals surface area contributed by atoms with Crippen molar-refractivity contribution in [2.24, 2.45) is 0 Å². The zero-order valence-corrected chi connectivity index (χ0v) is 9.18. The van der Waals surface area contributed by atoms with E-state index in [1.807, 2.05) is 25.1 Å². The van der Waals surface area contributed by atoms with E-state index in [4.69, 9.17) is 0 Å². The lowest BCUT2D eigenvalue weighted by Crippen LogP contribution is -1.89. The Hall–Kier alpha value is -2.43. The van der Waals surface area contributed by atoms with Gasteiger partial charge in [0, 0.05) is 10.9 Å². The first kappa shape index (κ1) is 9.77. The highest BCUT2D eigenvalue weighted by atomic mass is 16.3. The molecule has 2 aromatic heterocycles. The van der Waals surface area contributed by atoms with Crippen LogP contribution in [0.5, 0.6) is 5.75 Å². The van der Waals surface area contributed by atoms with Gasteiger partial charge in [-0.25, -0.2) is 0 Å². The van der Waals surface area contributed by atoms with Gasteiger partial charge in [-0.15, -0.1) is 10.2 Å². The average Bonchev–Trinajstić information content (AvgIpc) is 2.75. The number of phenolic OH excluding ortho intramolecular Hbond substituents is 1. The second kappa shape index (κ2) is 3.55. The minimum atomic E-state index is 0.210. The lowest BCUT2D eigenvalue weighted by Gasteiger charge is -2.04. The van der Waals surface area contributed by atoms with Crippen LogP contribution in [0.4, 0.5) is 0 Å². The summed E-state index contributed by atoms with van der Waals surface area (Å²) in [6.45, 7) is 1.93. The van der Waals surface area contributed by atoms with E-state index in [0.29, 0.717) is 16.9 Å². The van der Waals surface area contributed by atoms with Gasteiger partial charge in [0.05, 0.1) is 11.9 Å². The Morgan fingerprint density at radius 3 is 2.88 bits per heavy atom. The Labute approximate surface area is 97.1 Å². The summed E-state index contributed by atoms with van der Waals surface area (Å²) in [5.74, 6) is 0.210. The average molecular weight is 226 g/mol. The lowest BCUT2D eigenvalue weighted by atomic mass is 10.1. The minimum absolute atomic E-state index is 0.210. The van der Waals surface area contributed by atoms with Crippen molar-refractivity contribution in [1.29, 1.82) is 0 Å². The van der Waals surface area contributed by atoms with Crippen LogP contribution in [0.25, 0.3) is 22.3 Å². The molecule has 2 heterocycles. The third-order valence-corrected chi connectivity index (χ3v) is 2.63. The predicted octanol–water partition coefficient (Wildman–Crippen LogP) is 2.03. The fraction of sp³-hybridized carbons (Fsp3) is 0.0833. The molecule has 0 unspecified atom stereocenters. The SMILES string of the molecule is Cc1ccc(-c2cc3cn[nH]c3nn2)c(O)c1. The number of nitrogens with zero attached hydrogens (tertiary/aromatic N) is 3. The molecule has 0 aliphatic carbocycles. The first-order chi connectivity index (χ1) is 8.24. The molecule has 84 valence electrons. The Bertz CT molecular complexity index is 690. The molecule has 5 nitrogen and oxygen atoms in total. The molecule has 5 heteroatoms. The van der Waals surface area contributed by atoms with Crippen molar-refractivity contribution in [2.45, 2.75) is 6.92 Å². The van der Waals surface area contributed by atoms with Crippen LogP contribution < -0.4 is 0 Å². The van der Waals surface area contributed by atoms with Crippen LogP contribution in [-0.2, 0) is 0 Å². The van der Waals surface area contributed by atoms with Crippen molar-refractivity contribution in [2.75, 3.05) is 0 Å². The highest BCUT2D eigenvalue weighted by Crippen LogP contribution is 2.29. The molecule has 3 aromatic rings. The van der Waals surface area contributed by atoms with Gasteiger partial charge in [-0.1, -0.05) is 6.07 Å². The van der Waals surface area contributed by atoms with Gasteiger partial charge >= 0.3 is 0 Å². The molecule has 0 spiro atoms. The molecule has 0 saturated heterocycles. The number of aryl methyl sites for hydroxylation is 1. The summed E-state index contributed by atoms with van der Waals surface area (Å²) in [7, 11) is 0. The van der Waals surface area contributed by atoms with E-state index in [1.165, 1.54) is 0 Å². The van der Waals surface area contributed by atoms with Gasteiger partial charge in [0.25, 0.3) is 0 Å². The monoisotopic (exact) mass is 226 g/mol. The van der Waals surface area contributed by atoms with E-state index in [1.54, 1.807) is 12.3 Å². The third kappa shape index (κ3) is 1.61. The van der Waals surface area contributed by atoms with Gasteiger partial charge in [0.1, 0.15) is 5.75 Å². The third-order valence-electron chi connectivity index (χ3n) is 2.63. The molecule has 3 rings (SSSR count). The van der Waals surface area contributed by atoms with Crippen molar-refractivity contribution in [3.8, 4) is 17.0 Å². The van der Waals surface area contributed by atoms with E-state index >= 15 is 0 Å². The van der Waals surface area contributed by atoms with E-state index in [0.717, 1.165) is 10.9 Å². The molecule has 0 aliphatic heterocycles. The number of aromatic hydroxyl groups is 1. The number of benzene rings is 1. The first-order valence-corrected chi connectivity index (χ1v) is 5.21. The van der Waals surface area contributed by atoms with Gasteiger partial charge in [-0.3, -0.25) is 5.10 Å². The van der Waals surface area contributed by atoms with E-state index in [9.17, 15) is 5.11 Å². The van der Waals surface area contributed by atoms with E-state index in [2.05, 4.69) is 20.4 Å². The largest absolute Gasteiger partial charge is 0.507 e.